The van der Waals surface area contributed by atoms with Crippen LogP contribution in [0.1, 0.15) is 39.5 Å². The van der Waals surface area contributed by atoms with Crippen LogP contribution >= 0.6 is 0 Å². The van der Waals surface area contributed by atoms with E-state index in [1.165, 1.54) is 45.3 Å². The zero-order valence-corrected chi connectivity index (χ0v) is 12.2. The molecule has 3 nitrogen and oxygen atoms in total. The summed E-state index contributed by atoms with van der Waals surface area (Å²) in [5.74, 6) is 0. The second-order valence-corrected chi connectivity index (χ2v) is 5.47. The monoisotopic (exact) mass is 241 g/mol. The van der Waals surface area contributed by atoms with Crippen molar-refractivity contribution in [2.24, 2.45) is 0 Å². The maximum Gasteiger partial charge on any atom is 0.0373 e. The molecule has 2 unspecified atom stereocenters. The van der Waals surface area contributed by atoms with Gasteiger partial charge < -0.3 is 15.1 Å². The zero-order valence-electron chi connectivity index (χ0n) is 12.2. The highest BCUT2D eigenvalue weighted by Gasteiger charge is 2.27. The molecular formula is C14H31N3. The summed E-state index contributed by atoms with van der Waals surface area (Å²) >= 11 is 0. The number of hydrogen-bond donors (Lipinski definition) is 1. The predicted molar refractivity (Wildman–Crippen MR) is 75.5 cm³/mol. The van der Waals surface area contributed by atoms with Crippen LogP contribution in [0.2, 0.25) is 0 Å². The summed E-state index contributed by atoms with van der Waals surface area (Å²) in [7, 11) is 4.55. The first-order chi connectivity index (χ1) is 8.19. The lowest BCUT2D eigenvalue weighted by atomic mass is 10.0. The van der Waals surface area contributed by atoms with Crippen molar-refractivity contribution < 1.29 is 0 Å². The highest BCUT2D eigenvalue weighted by atomic mass is 15.2. The van der Waals surface area contributed by atoms with Gasteiger partial charge in [0.1, 0.15) is 0 Å². The summed E-state index contributed by atoms with van der Waals surface area (Å²) in [6.45, 7) is 9.28. The van der Waals surface area contributed by atoms with E-state index in [0.717, 1.165) is 6.54 Å². The van der Waals surface area contributed by atoms with Crippen LogP contribution < -0.4 is 5.32 Å². The summed E-state index contributed by atoms with van der Waals surface area (Å²) in [6, 6.07) is 1.33. The third kappa shape index (κ3) is 4.94. The van der Waals surface area contributed by atoms with Gasteiger partial charge in [-0.2, -0.15) is 0 Å². The fourth-order valence-electron chi connectivity index (χ4n) is 2.86. The molecule has 1 fully saturated rings. The normalized spacial score (nSPS) is 25.8. The number of rotatable bonds is 6. The van der Waals surface area contributed by atoms with E-state index in [-0.39, 0.29) is 0 Å². The average molecular weight is 241 g/mol. The smallest absolute Gasteiger partial charge is 0.0373 e. The Bertz CT molecular complexity index is 196. The first-order valence-corrected chi connectivity index (χ1v) is 7.31. The Morgan fingerprint density at radius 2 is 2.00 bits per heavy atom. The lowest BCUT2D eigenvalue weighted by Gasteiger charge is -2.35. The summed E-state index contributed by atoms with van der Waals surface area (Å²) in [4.78, 5) is 5.05. The molecule has 0 bridgehead atoms. The van der Waals surface area contributed by atoms with Gasteiger partial charge in [0.15, 0.2) is 0 Å². The van der Waals surface area contributed by atoms with E-state index in [1.54, 1.807) is 0 Å². The van der Waals surface area contributed by atoms with Gasteiger partial charge in [0, 0.05) is 18.6 Å². The molecule has 17 heavy (non-hydrogen) atoms. The largest absolute Gasteiger partial charge is 0.313 e. The Kier molecular flexibility index (Phi) is 7.09. The molecule has 1 aliphatic heterocycles. The average Bonchev–Trinajstić information content (AvgIpc) is 2.47. The fourth-order valence-corrected chi connectivity index (χ4v) is 2.86. The molecule has 1 saturated heterocycles. The van der Waals surface area contributed by atoms with Crippen LogP contribution in [-0.2, 0) is 0 Å². The molecule has 0 aromatic heterocycles. The Labute approximate surface area is 108 Å². The second-order valence-electron chi connectivity index (χ2n) is 5.47. The maximum absolute atomic E-state index is 3.70. The second kappa shape index (κ2) is 8.06. The van der Waals surface area contributed by atoms with Crippen molar-refractivity contribution in [1.82, 2.24) is 15.1 Å². The van der Waals surface area contributed by atoms with Crippen molar-refractivity contribution in [3.05, 3.63) is 0 Å². The predicted octanol–water partition coefficient (Wildman–Crippen LogP) is 1.79. The SMILES string of the molecule is CCCCC(NCC)C1CN(C)CCCN1C. The molecule has 2 atom stereocenters. The van der Waals surface area contributed by atoms with Crippen LogP contribution in [0.4, 0.5) is 0 Å². The number of nitrogens with zero attached hydrogens (tertiary/aromatic N) is 2. The molecular weight excluding hydrogens is 210 g/mol. The van der Waals surface area contributed by atoms with Crippen molar-refractivity contribution in [3.63, 3.8) is 0 Å². The zero-order chi connectivity index (χ0) is 12.7. The van der Waals surface area contributed by atoms with Crippen LogP contribution in [0, 0.1) is 0 Å². The van der Waals surface area contributed by atoms with E-state index in [2.05, 4.69) is 43.1 Å². The molecule has 0 radical (unpaired) electrons. The van der Waals surface area contributed by atoms with Crippen molar-refractivity contribution in [3.8, 4) is 0 Å². The van der Waals surface area contributed by atoms with Gasteiger partial charge in [-0.15, -0.1) is 0 Å². The van der Waals surface area contributed by atoms with Gasteiger partial charge in [0.05, 0.1) is 0 Å². The van der Waals surface area contributed by atoms with E-state index in [0.29, 0.717) is 12.1 Å². The summed E-state index contributed by atoms with van der Waals surface area (Å²) < 4.78 is 0. The van der Waals surface area contributed by atoms with E-state index >= 15 is 0 Å². The number of likely N-dealkylation sites (N-methyl/N-ethyl adjacent to an activating group) is 3. The van der Waals surface area contributed by atoms with Crippen molar-refractivity contribution in [2.45, 2.75) is 51.6 Å². The molecule has 0 aromatic rings. The Balaban J connectivity index is 2.60. The molecule has 102 valence electrons. The minimum Gasteiger partial charge on any atom is -0.313 e. The van der Waals surface area contributed by atoms with Crippen LogP contribution in [0.25, 0.3) is 0 Å². The molecule has 1 rings (SSSR count). The third-order valence-corrected chi connectivity index (χ3v) is 3.91. The summed E-state index contributed by atoms with van der Waals surface area (Å²) in [5.41, 5.74) is 0. The Hall–Kier alpha value is -0.120. The van der Waals surface area contributed by atoms with E-state index in [1.807, 2.05) is 0 Å². The molecule has 1 N–H and O–H groups in total. The van der Waals surface area contributed by atoms with Gasteiger partial charge in [0.2, 0.25) is 0 Å². The molecule has 3 heteroatoms. The summed E-state index contributed by atoms with van der Waals surface area (Å²) in [6.07, 6.45) is 5.25. The van der Waals surface area contributed by atoms with Crippen molar-refractivity contribution in [2.75, 3.05) is 40.3 Å². The van der Waals surface area contributed by atoms with Gasteiger partial charge in [-0.1, -0.05) is 26.7 Å². The highest BCUT2D eigenvalue weighted by Crippen LogP contribution is 2.14. The lowest BCUT2D eigenvalue weighted by Crippen LogP contribution is -2.52. The number of unbranched alkanes of at least 4 members (excludes halogenated alkanes) is 1. The van der Waals surface area contributed by atoms with Crippen LogP contribution in [0.15, 0.2) is 0 Å². The lowest BCUT2D eigenvalue weighted by molar-refractivity contribution is 0.172. The van der Waals surface area contributed by atoms with Crippen LogP contribution in [0.5, 0.6) is 0 Å². The minimum atomic E-state index is 0.658. The fraction of sp³-hybridized carbons (Fsp3) is 1.00. The number of nitrogens with one attached hydrogen (secondary N) is 1. The van der Waals surface area contributed by atoms with E-state index < -0.39 is 0 Å². The molecule has 0 saturated carbocycles. The third-order valence-electron chi connectivity index (χ3n) is 3.91. The highest BCUT2D eigenvalue weighted by molar-refractivity contribution is 4.87. The molecule has 1 heterocycles. The van der Waals surface area contributed by atoms with Crippen molar-refractivity contribution in [1.29, 1.82) is 0 Å². The quantitative estimate of drug-likeness (QED) is 0.765. The first kappa shape index (κ1) is 14.9. The Morgan fingerprint density at radius 3 is 2.65 bits per heavy atom. The molecule has 1 aliphatic rings. The van der Waals surface area contributed by atoms with E-state index in [9.17, 15) is 0 Å². The van der Waals surface area contributed by atoms with Gasteiger partial charge in [0.25, 0.3) is 0 Å². The van der Waals surface area contributed by atoms with Crippen LogP contribution in [-0.4, -0.2) is 62.2 Å². The number of hydrogen-bond acceptors (Lipinski definition) is 3. The first-order valence-electron chi connectivity index (χ1n) is 7.31. The maximum atomic E-state index is 3.70. The molecule has 0 aromatic carbocycles. The van der Waals surface area contributed by atoms with E-state index in [4.69, 9.17) is 0 Å². The molecule has 0 spiro atoms. The topological polar surface area (TPSA) is 18.5 Å². The van der Waals surface area contributed by atoms with Gasteiger partial charge in [-0.25, -0.2) is 0 Å². The van der Waals surface area contributed by atoms with Gasteiger partial charge >= 0.3 is 0 Å². The standard InChI is InChI=1S/C14H31N3/c1-5-7-9-13(15-6-2)14-12-16(3)10-8-11-17(14)4/h13-15H,5-12H2,1-4H3. The van der Waals surface area contributed by atoms with Crippen molar-refractivity contribution >= 4 is 0 Å². The van der Waals surface area contributed by atoms with Crippen LogP contribution in [0.3, 0.4) is 0 Å². The van der Waals surface area contributed by atoms with Gasteiger partial charge in [-0.3, -0.25) is 0 Å². The van der Waals surface area contributed by atoms with Gasteiger partial charge in [-0.05, 0) is 46.6 Å². The molecule has 0 amide bonds. The Morgan fingerprint density at radius 1 is 1.24 bits per heavy atom. The summed E-state index contributed by atoms with van der Waals surface area (Å²) in [5, 5.41) is 3.70. The minimum absolute atomic E-state index is 0.658. The molecule has 0 aliphatic carbocycles.